The topological polar surface area (TPSA) is 81.3 Å². The summed E-state index contributed by atoms with van der Waals surface area (Å²) in [5.74, 6) is 0. The Morgan fingerprint density at radius 1 is 1.33 bits per heavy atom. The number of aromatic nitrogens is 2. The molecule has 0 atom stereocenters. The van der Waals surface area contributed by atoms with Crippen LogP contribution >= 0.6 is 0 Å². The zero-order chi connectivity index (χ0) is 14.9. The van der Waals surface area contributed by atoms with Crippen LogP contribution in [-0.2, 0) is 10.0 Å². The molecule has 2 heterocycles. The highest BCUT2D eigenvalue weighted by Crippen LogP contribution is 2.46. The largest absolute Gasteiger partial charge is 0.304 e. The van der Waals surface area contributed by atoms with Crippen LogP contribution in [0.25, 0.3) is 0 Å². The number of H-pyrrole nitrogens is 1. The lowest BCUT2D eigenvalue weighted by atomic mass is 10.1. The van der Waals surface area contributed by atoms with Crippen molar-refractivity contribution in [3.63, 3.8) is 0 Å². The van der Waals surface area contributed by atoms with E-state index in [1.807, 2.05) is 0 Å². The maximum atomic E-state index is 12.1. The van der Waals surface area contributed by atoms with Crippen molar-refractivity contribution in [2.45, 2.75) is 17.7 Å². The van der Waals surface area contributed by atoms with E-state index in [4.69, 9.17) is 0 Å². The summed E-state index contributed by atoms with van der Waals surface area (Å²) in [4.78, 5) is 4.99. The molecule has 2 fully saturated rings. The molecular weight excluding hydrogens is 290 g/mol. The third-order valence-corrected chi connectivity index (χ3v) is 5.90. The number of nitrogens with one attached hydrogen (secondary N) is 2. The molecule has 2 N–H and O–H groups in total. The number of rotatable bonds is 6. The molecule has 2 aliphatic rings. The molecule has 1 aliphatic heterocycles. The minimum Gasteiger partial charge on any atom is -0.304 e. The normalized spacial score (nSPS) is 23.3. The number of aromatic amines is 1. The molecule has 21 heavy (non-hydrogen) atoms. The number of sulfonamides is 1. The fourth-order valence-electron chi connectivity index (χ4n) is 2.77. The number of likely N-dealkylation sites (N-methyl/N-ethyl adjacent to an activating group) is 1. The summed E-state index contributed by atoms with van der Waals surface area (Å²) in [6, 6.07) is 0. The smallest absolute Gasteiger partial charge is 0.243 e. The Labute approximate surface area is 125 Å². The lowest BCUT2D eigenvalue weighted by molar-refractivity contribution is 0.131. The molecule has 8 heteroatoms. The maximum absolute atomic E-state index is 12.1. The van der Waals surface area contributed by atoms with Crippen molar-refractivity contribution in [1.82, 2.24) is 24.7 Å². The van der Waals surface area contributed by atoms with Crippen molar-refractivity contribution in [3.05, 3.63) is 12.4 Å². The number of nitrogens with zero attached hydrogens (tertiary/aromatic N) is 3. The predicted octanol–water partition coefficient (Wildman–Crippen LogP) is -0.284. The van der Waals surface area contributed by atoms with Gasteiger partial charge >= 0.3 is 0 Å². The molecule has 0 radical (unpaired) electrons. The minimum absolute atomic E-state index is 0.132. The quantitative estimate of drug-likeness (QED) is 0.755. The van der Waals surface area contributed by atoms with Crippen molar-refractivity contribution >= 4 is 10.0 Å². The molecule has 7 nitrogen and oxygen atoms in total. The molecule has 0 bridgehead atoms. The molecule has 0 unspecified atom stereocenters. The van der Waals surface area contributed by atoms with Gasteiger partial charge in [-0.05, 0) is 25.3 Å². The van der Waals surface area contributed by atoms with Gasteiger partial charge in [-0.25, -0.2) is 13.1 Å². The van der Waals surface area contributed by atoms with Crippen molar-refractivity contribution in [1.29, 1.82) is 0 Å². The van der Waals surface area contributed by atoms with E-state index in [0.29, 0.717) is 6.54 Å². The van der Waals surface area contributed by atoms with Crippen LogP contribution in [-0.4, -0.2) is 74.7 Å². The van der Waals surface area contributed by atoms with Gasteiger partial charge in [0.1, 0.15) is 4.90 Å². The van der Waals surface area contributed by atoms with E-state index in [2.05, 4.69) is 31.8 Å². The van der Waals surface area contributed by atoms with E-state index in [9.17, 15) is 8.42 Å². The average molecular weight is 313 g/mol. The third kappa shape index (κ3) is 3.63. The van der Waals surface area contributed by atoms with Gasteiger partial charge in [-0.15, -0.1) is 0 Å². The van der Waals surface area contributed by atoms with Crippen LogP contribution < -0.4 is 4.72 Å². The Morgan fingerprint density at radius 3 is 2.62 bits per heavy atom. The highest BCUT2D eigenvalue weighted by atomic mass is 32.2. The molecule has 0 spiro atoms. The van der Waals surface area contributed by atoms with Crippen molar-refractivity contribution < 1.29 is 8.42 Å². The summed E-state index contributed by atoms with van der Waals surface area (Å²) in [6.07, 6.45) is 4.95. The van der Waals surface area contributed by atoms with Crippen molar-refractivity contribution in [2.24, 2.45) is 5.41 Å². The zero-order valence-electron chi connectivity index (χ0n) is 12.4. The van der Waals surface area contributed by atoms with E-state index in [0.717, 1.165) is 45.6 Å². The van der Waals surface area contributed by atoms with Gasteiger partial charge < -0.3 is 9.80 Å². The molecule has 1 aromatic heterocycles. The number of piperazine rings is 1. The first kappa shape index (κ1) is 15.0. The Balaban J connectivity index is 1.53. The van der Waals surface area contributed by atoms with Gasteiger partial charge in [-0.1, -0.05) is 0 Å². The fourth-order valence-corrected chi connectivity index (χ4v) is 3.83. The zero-order valence-corrected chi connectivity index (χ0v) is 13.2. The molecule has 0 amide bonds. The molecule has 1 aromatic rings. The molecule has 1 saturated carbocycles. The summed E-state index contributed by atoms with van der Waals surface area (Å²) in [5, 5.41) is 6.23. The Morgan fingerprint density at radius 2 is 2.05 bits per heavy atom. The summed E-state index contributed by atoms with van der Waals surface area (Å²) >= 11 is 0. The summed E-state index contributed by atoms with van der Waals surface area (Å²) in [5.41, 5.74) is 0.132. The van der Waals surface area contributed by atoms with Crippen molar-refractivity contribution in [3.8, 4) is 0 Å². The molecule has 1 aliphatic carbocycles. The summed E-state index contributed by atoms with van der Waals surface area (Å²) in [7, 11) is -1.29. The van der Waals surface area contributed by atoms with Crippen LogP contribution in [0.3, 0.4) is 0 Å². The van der Waals surface area contributed by atoms with Gasteiger partial charge in [0.15, 0.2) is 0 Å². The van der Waals surface area contributed by atoms with Crippen LogP contribution in [0.15, 0.2) is 17.3 Å². The Kier molecular flexibility index (Phi) is 4.04. The van der Waals surface area contributed by atoms with E-state index in [1.165, 1.54) is 12.4 Å². The molecular formula is C13H23N5O2S. The number of hydrogen-bond donors (Lipinski definition) is 2. The van der Waals surface area contributed by atoms with E-state index >= 15 is 0 Å². The standard InChI is InChI=1S/C13H23N5O2S/c1-17-4-6-18(7-5-17)11-13(2-3-13)10-16-21(19,20)12-8-14-15-9-12/h8-9,16H,2-7,10-11H2,1H3,(H,14,15). The van der Waals surface area contributed by atoms with Gasteiger partial charge in [0.05, 0.1) is 6.20 Å². The molecule has 1 saturated heterocycles. The molecule has 118 valence electrons. The Bertz CT molecular complexity index is 559. The van der Waals surface area contributed by atoms with E-state index < -0.39 is 10.0 Å². The van der Waals surface area contributed by atoms with Gasteiger partial charge in [-0.2, -0.15) is 5.10 Å². The fraction of sp³-hybridized carbons (Fsp3) is 0.769. The first-order chi connectivity index (χ1) is 9.99. The maximum Gasteiger partial charge on any atom is 0.243 e. The van der Waals surface area contributed by atoms with Crippen LogP contribution in [0, 0.1) is 5.41 Å². The van der Waals surface area contributed by atoms with Gasteiger partial charge in [-0.3, -0.25) is 5.10 Å². The van der Waals surface area contributed by atoms with Gasteiger partial charge in [0, 0.05) is 45.5 Å². The van der Waals surface area contributed by atoms with Crippen LogP contribution in [0.1, 0.15) is 12.8 Å². The van der Waals surface area contributed by atoms with Crippen LogP contribution in [0.5, 0.6) is 0 Å². The molecule has 3 rings (SSSR count). The van der Waals surface area contributed by atoms with E-state index in [-0.39, 0.29) is 10.3 Å². The second-order valence-electron chi connectivity index (χ2n) is 6.34. The lowest BCUT2D eigenvalue weighted by Gasteiger charge is -2.34. The average Bonchev–Trinajstić information content (AvgIpc) is 3.00. The first-order valence-electron chi connectivity index (χ1n) is 7.39. The third-order valence-electron chi connectivity index (χ3n) is 4.53. The highest BCUT2D eigenvalue weighted by molar-refractivity contribution is 7.89. The summed E-state index contributed by atoms with van der Waals surface area (Å²) < 4.78 is 27.0. The lowest BCUT2D eigenvalue weighted by Crippen LogP contribution is -2.47. The van der Waals surface area contributed by atoms with Crippen LogP contribution in [0.4, 0.5) is 0 Å². The van der Waals surface area contributed by atoms with Crippen molar-refractivity contribution in [2.75, 3.05) is 46.3 Å². The van der Waals surface area contributed by atoms with E-state index in [1.54, 1.807) is 0 Å². The second kappa shape index (κ2) is 5.68. The first-order valence-corrected chi connectivity index (χ1v) is 8.87. The predicted molar refractivity (Wildman–Crippen MR) is 79.4 cm³/mol. The monoisotopic (exact) mass is 313 g/mol. The van der Waals surface area contributed by atoms with Gasteiger partial charge in [0.25, 0.3) is 0 Å². The second-order valence-corrected chi connectivity index (χ2v) is 8.10. The minimum atomic E-state index is -3.43. The SMILES string of the molecule is CN1CCN(CC2(CNS(=O)(=O)c3cn[nH]c3)CC2)CC1. The number of hydrogen-bond acceptors (Lipinski definition) is 5. The van der Waals surface area contributed by atoms with Crippen LogP contribution in [0.2, 0.25) is 0 Å². The Hall–Kier alpha value is -0.960. The summed E-state index contributed by atoms with van der Waals surface area (Å²) in [6.45, 7) is 5.86. The highest BCUT2D eigenvalue weighted by Gasteiger charge is 2.44. The molecule has 0 aromatic carbocycles. The van der Waals surface area contributed by atoms with Gasteiger partial charge in [0.2, 0.25) is 10.0 Å².